The Bertz CT molecular complexity index is 1330. The van der Waals surface area contributed by atoms with Crippen molar-refractivity contribution in [3.05, 3.63) is 35.9 Å². The molecule has 11 nitrogen and oxygen atoms in total. The first-order valence-electron chi connectivity index (χ1n) is 12.4. The molecule has 1 fully saturated rings. The third-order valence-corrected chi connectivity index (χ3v) is 8.47. The van der Waals surface area contributed by atoms with E-state index in [-0.39, 0.29) is 11.9 Å². The minimum atomic E-state index is -3.48. The maximum absolute atomic E-state index is 13.4. The second kappa shape index (κ2) is 8.77. The Labute approximate surface area is 211 Å². The Hall–Kier alpha value is -3.12. The fourth-order valence-corrected chi connectivity index (χ4v) is 6.60. The van der Waals surface area contributed by atoms with Crippen LogP contribution in [0.4, 0.5) is 5.69 Å². The number of fused-ring (bicyclic) bond motifs is 1. The summed E-state index contributed by atoms with van der Waals surface area (Å²) in [6.07, 6.45) is 8.14. The van der Waals surface area contributed by atoms with Crippen molar-refractivity contribution >= 4 is 32.5 Å². The molecule has 2 atom stereocenters. The van der Waals surface area contributed by atoms with Crippen LogP contribution in [0, 0.1) is 0 Å². The molecule has 3 aliphatic rings. The van der Waals surface area contributed by atoms with Crippen LogP contribution in [0.15, 0.2) is 35.9 Å². The highest BCUT2D eigenvalue weighted by Crippen LogP contribution is 2.36. The van der Waals surface area contributed by atoms with Gasteiger partial charge in [-0.3, -0.25) is 15.8 Å². The summed E-state index contributed by atoms with van der Waals surface area (Å²) in [7, 11) is -0.0442. The number of nitrogens with zero attached hydrogens (tertiary/aromatic N) is 3. The average molecular weight is 518 g/mol. The summed E-state index contributed by atoms with van der Waals surface area (Å²) in [5.41, 5.74) is 8.32. The molecule has 0 spiro atoms. The summed E-state index contributed by atoms with van der Waals surface area (Å²) in [6, 6.07) is 5.74. The zero-order valence-electron chi connectivity index (χ0n) is 21.2. The number of anilines is 1. The van der Waals surface area contributed by atoms with Gasteiger partial charge in [-0.05, 0) is 31.4 Å². The van der Waals surface area contributed by atoms with E-state index in [0.29, 0.717) is 34.1 Å². The number of likely N-dealkylation sites (N-methyl/N-ethyl adjacent to an activating group) is 1. The molecule has 1 saturated carbocycles. The van der Waals surface area contributed by atoms with Gasteiger partial charge < -0.3 is 25.2 Å². The van der Waals surface area contributed by atoms with Crippen LogP contribution in [0.2, 0.25) is 0 Å². The van der Waals surface area contributed by atoms with Crippen LogP contribution in [-0.2, 0) is 14.8 Å². The standard InChI is InChI=1S/C24H35N7O4S/c1-5-16-14-29(2)21-22(31(16)17-8-6-7-9-17)27-24(25,28-23(21)32)26-18-12-15-10-11-30(36(4,33)34)19(15)13-20(18)35-3/h10-13,16-17,26-27H,5-9,14,25H2,1-4H3,(H,28,32)/t16?,24-/m1/s1. The molecule has 1 aromatic heterocycles. The number of benzene rings is 1. The minimum Gasteiger partial charge on any atom is -0.495 e. The van der Waals surface area contributed by atoms with Crippen LogP contribution in [0.5, 0.6) is 5.75 Å². The number of nitrogens with two attached hydrogens (primary N) is 1. The van der Waals surface area contributed by atoms with E-state index >= 15 is 0 Å². The van der Waals surface area contributed by atoms with Gasteiger partial charge >= 0.3 is 0 Å². The lowest BCUT2D eigenvalue weighted by Gasteiger charge is -2.52. The van der Waals surface area contributed by atoms with Gasteiger partial charge in [0, 0.05) is 43.3 Å². The van der Waals surface area contributed by atoms with Crippen molar-refractivity contribution in [3.8, 4) is 5.75 Å². The summed E-state index contributed by atoms with van der Waals surface area (Å²) in [5, 5.41) is 10.2. The van der Waals surface area contributed by atoms with Gasteiger partial charge in [0.25, 0.3) is 5.91 Å². The Morgan fingerprint density at radius 3 is 2.61 bits per heavy atom. The first-order valence-corrected chi connectivity index (χ1v) is 14.2. The van der Waals surface area contributed by atoms with E-state index in [1.807, 2.05) is 11.9 Å². The number of rotatable bonds is 6. The zero-order chi connectivity index (χ0) is 25.8. The van der Waals surface area contributed by atoms with Gasteiger partial charge in [-0.15, -0.1) is 0 Å². The number of nitrogens with one attached hydrogen (secondary N) is 3. The Kier molecular flexibility index (Phi) is 5.98. The number of carbonyl (C=O) groups excluding carboxylic acids is 1. The van der Waals surface area contributed by atoms with Crippen LogP contribution < -0.4 is 26.4 Å². The molecule has 1 unspecified atom stereocenters. The fourth-order valence-electron chi connectivity index (χ4n) is 5.80. The van der Waals surface area contributed by atoms with Gasteiger partial charge in [0.2, 0.25) is 15.9 Å². The zero-order valence-corrected chi connectivity index (χ0v) is 22.0. The molecular formula is C24H35N7O4S. The first-order chi connectivity index (χ1) is 17.0. The number of aromatic nitrogens is 1. The van der Waals surface area contributed by atoms with Crippen molar-refractivity contribution in [2.45, 2.75) is 57.0 Å². The number of hydrogen-bond acceptors (Lipinski definition) is 9. The van der Waals surface area contributed by atoms with E-state index < -0.39 is 15.9 Å². The fraction of sp³-hybridized carbons (Fsp3) is 0.542. The monoisotopic (exact) mass is 517 g/mol. The van der Waals surface area contributed by atoms with Crippen LogP contribution in [-0.4, -0.2) is 73.0 Å². The molecule has 1 aromatic carbocycles. The molecule has 12 heteroatoms. The van der Waals surface area contributed by atoms with Crippen molar-refractivity contribution in [2.24, 2.45) is 5.73 Å². The number of ether oxygens (including phenoxy) is 1. The predicted molar refractivity (Wildman–Crippen MR) is 138 cm³/mol. The summed E-state index contributed by atoms with van der Waals surface area (Å²) in [5.74, 6) is -0.623. The second-order valence-electron chi connectivity index (χ2n) is 9.98. The van der Waals surface area contributed by atoms with Gasteiger partial charge in [0.15, 0.2) is 0 Å². The quantitative estimate of drug-likeness (QED) is 0.418. The molecule has 36 heavy (non-hydrogen) atoms. The van der Waals surface area contributed by atoms with Gasteiger partial charge in [-0.1, -0.05) is 19.8 Å². The third kappa shape index (κ3) is 4.11. The number of hydrogen-bond donors (Lipinski definition) is 4. The van der Waals surface area contributed by atoms with Crippen molar-refractivity contribution in [3.63, 3.8) is 0 Å². The van der Waals surface area contributed by atoms with Gasteiger partial charge in [-0.2, -0.15) is 0 Å². The van der Waals surface area contributed by atoms with Crippen LogP contribution >= 0.6 is 0 Å². The minimum absolute atomic E-state index is 0.262. The second-order valence-corrected chi connectivity index (χ2v) is 11.8. The van der Waals surface area contributed by atoms with Gasteiger partial charge in [-0.25, -0.2) is 12.4 Å². The van der Waals surface area contributed by atoms with E-state index in [0.717, 1.165) is 37.9 Å². The third-order valence-electron chi connectivity index (χ3n) is 7.44. The van der Waals surface area contributed by atoms with Gasteiger partial charge in [0.05, 0.1) is 24.6 Å². The maximum Gasteiger partial charge on any atom is 0.275 e. The average Bonchev–Trinajstić information content (AvgIpc) is 3.47. The molecule has 196 valence electrons. The van der Waals surface area contributed by atoms with Crippen LogP contribution in [0.25, 0.3) is 10.9 Å². The van der Waals surface area contributed by atoms with E-state index in [4.69, 9.17) is 10.5 Å². The Morgan fingerprint density at radius 1 is 1.25 bits per heavy atom. The summed E-state index contributed by atoms with van der Waals surface area (Å²) in [6.45, 7) is 2.94. The molecule has 1 aliphatic carbocycles. The van der Waals surface area contributed by atoms with Gasteiger partial charge in [0.1, 0.15) is 17.3 Å². The highest BCUT2D eigenvalue weighted by Gasteiger charge is 2.45. The summed E-state index contributed by atoms with van der Waals surface area (Å²) in [4.78, 5) is 17.8. The normalized spacial score (nSPS) is 25.1. The molecule has 2 aliphatic heterocycles. The summed E-state index contributed by atoms with van der Waals surface area (Å²) < 4.78 is 31.1. The van der Waals surface area contributed by atoms with E-state index in [9.17, 15) is 13.2 Å². The molecule has 1 amide bonds. The van der Waals surface area contributed by atoms with Crippen LogP contribution in [0.3, 0.4) is 0 Å². The molecule has 0 bridgehead atoms. The predicted octanol–water partition coefficient (Wildman–Crippen LogP) is 1.30. The molecular weight excluding hydrogens is 482 g/mol. The van der Waals surface area contributed by atoms with Crippen molar-refractivity contribution in [1.82, 2.24) is 24.4 Å². The summed E-state index contributed by atoms with van der Waals surface area (Å²) >= 11 is 0. The highest BCUT2D eigenvalue weighted by atomic mass is 32.2. The first kappa shape index (κ1) is 24.6. The van der Waals surface area contributed by atoms with Crippen molar-refractivity contribution in [2.75, 3.05) is 32.3 Å². The molecule has 5 N–H and O–H groups in total. The smallest absolute Gasteiger partial charge is 0.275 e. The van der Waals surface area contributed by atoms with E-state index in [1.54, 1.807) is 18.2 Å². The molecule has 0 radical (unpaired) electrons. The number of methoxy groups -OCH3 is 1. The SMILES string of the molecule is CCC1CN(C)C2=C(N[C@@](N)(Nc3cc4ccn(S(C)(=O)=O)c4cc3OC)NC2=O)N1C1CCCC1. The largest absolute Gasteiger partial charge is 0.495 e. The van der Waals surface area contributed by atoms with E-state index in [2.05, 4.69) is 27.8 Å². The lowest BCUT2D eigenvalue weighted by molar-refractivity contribution is -0.123. The maximum atomic E-state index is 13.4. The Morgan fingerprint density at radius 2 is 1.97 bits per heavy atom. The number of amides is 1. The lowest BCUT2D eigenvalue weighted by Crippen LogP contribution is -2.76. The molecule has 0 saturated heterocycles. The molecule has 2 aromatic rings. The molecule has 5 rings (SSSR count). The lowest BCUT2D eigenvalue weighted by atomic mass is 10.0. The van der Waals surface area contributed by atoms with Crippen molar-refractivity contribution < 1.29 is 17.9 Å². The Balaban J connectivity index is 1.52. The van der Waals surface area contributed by atoms with E-state index in [1.165, 1.54) is 30.1 Å². The van der Waals surface area contributed by atoms with Crippen molar-refractivity contribution in [1.29, 1.82) is 0 Å². The highest BCUT2D eigenvalue weighted by molar-refractivity contribution is 7.89. The van der Waals surface area contributed by atoms with Crippen LogP contribution in [0.1, 0.15) is 39.0 Å². The number of carbonyl (C=O) groups is 1. The topological polar surface area (TPSA) is 134 Å². The molecule has 3 heterocycles.